The molecule has 0 fully saturated rings. The summed E-state index contributed by atoms with van der Waals surface area (Å²) in [5.74, 6) is 0. The van der Waals surface area contributed by atoms with Crippen molar-refractivity contribution in [2.24, 2.45) is 0 Å². The molecule has 19 heavy (non-hydrogen) atoms. The maximum atomic E-state index is 12.5. The highest BCUT2D eigenvalue weighted by molar-refractivity contribution is 5.42. The summed E-state index contributed by atoms with van der Waals surface area (Å²) in [6.07, 6.45) is -2.98. The first-order valence-corrected chi connectivity index (χ1v) is 5.82. The molecule has 1 atom stereocenters. The van der Waals surface area contributed by atoms with E-state index < -0.39 is 17.8 Å². The second-order valence-corrected chi connectivity index (χ2v) is 4.15. The molecule has 0 amide bonds. The standard InChI is InChI=1S/C13H13F3N2O/c1-2-12(19)10-5-3-4-6-11(10)18-8-9(7-17-18)13(14,15)16/h3-8,12,19H,2H2,1H3. The molecule has 3 nitrogen and oxygen atoms in total. The molecular formula is C13H13F3N2O. The summed E-state index contributed by atoms with van der Waals surface area (Å²) in [7, 11) is 0. The highest BCUT2D eigenvalue weighted by Crippen LogP contribution is 2.30. The summed E-state index contributed by atoms with van der Waals surface area (Å²) in [5, 5.41) is 13.6. The molecule has 0 radical (unpaired) electrons. The van der Waals surface area contributed by atoms with Crippen molar-refractivity contribution in [1.82, 2.24) is 9.78 Å². The molecule has 0 aliphatic carbocycles. The van der Waals surface area contributed by atoms with Gasteiger partial charge in [-0.05, 0) is 12.5 Å². The predicted octanol–water partition coefficient (Wildman–Crippen LogP) is 3.33. The number of halogens is 3. The van der Waals surface area contributed by atoms with Crippen LogP contribution in [0.1, 0.15) is 30.6 Å². The lowest BCUT2D eigenvalue weighted by Gasteiger charge is -2.13. The lowest BCUT2D eigenvalue weighted by molar-refractivity contribution is -0.137. The Morgan fingerprint density at radius 3 is 2.58 bits per heavy atom. The van der Waals surface area contributed by atoms with Gasteiger partial charge in [-0.1, -0.05) is 25.1 Å². The number of aliphatic hydroxyl groups is 1. The van der Waals surface area contributed by atoms with Crippen LogP contribution in [-0.2, 0) is 6.18 Å². The van der Waals surface area contributed by atoms with E-state index in [-0.39, 0.29) is 0 Å². The zero-order chi connectivity index (χ0) is 14.0. The van der Waals surface area contributed by atoms with Gasteiger partial charge in [-0.15, -0.1) is 0 Å². The third-order valence-electron chi connectivity index (χ3n) is 2.84. The van der Waals surface area contributed by atoms with Crippen LogP contribution in [0.15, 0.2) is 36.7 Å². The SMILES string of the molecule is CCC(O)c1ccccc1-n1cc(C(F)(F)F)cn1. The fraction of sp³-hybridized carbons (Fsp3) is 0.308. The van der Waals surface area contributed by atoms with Gasteiger partial charge in [0.2, 0.25) is 0 Å². The van der Waals surface area contributed by atoms with Crippen LogP contribution in [0.4, 0.5) is 13.2 Å². The summed E-state index contributed by atoms with van der Waals surface area (Å²) in [6.45, 7) is 1.80. The van der Waals surface area contributed by atoms with Crippen molar-refractivity contribution in [2.45, 2.75) is 25.6 Å². The minimum atomic E-state index is -4.42. The second kappa shape index (κ2) is 5.05. The molecule has 1 unspecified atom stereocenters. The van der Waals surface area contributed by atoms with Gasteiger partial charge >= 0.3 is 6.18 Å². The van der Waals surface area contributed by atoms with Crippen molar-refractivity contribution in [3.05, 3.63) is 47.8 Å². The van der Waals surface area contributed by atoms with Crippen LogP contribution in [0.5, 0.6) is 0 Å². The van der Waals surface area contributed by atoms with Crippen molar-refractivity contribution < 1.29 is 18.3 Å². The van der Waals surface area contributed by atoms with Crippen molar-refractivity contribution in [3.63, 3.8) is 0 Å². The second-order valence-electron chi connectivity index (χ2n) is 4.15. The number of hydrogen-bond acceptors (Lipinski definition) is 2. The van der Waals surface area contributed by atoms with E-state index in [2.05, 4.69) is 5.10 Å². The molecule has 0 aliphatic rings. The Labute approximate surface area is 108 Å². The summed E-state index contributed by atoms with van der Waals surface area (Å²) < 4.78 is 38.8. The number of alkyl halides is 3. The fourth-order valence-electron chi connectivity index (χ4n) is 1.80. The van der Waals surface area contributed by atoms with Gasteiger partial charge in [0.25, 0.3) is 0 Å². The monoisotopic (exact) mass is 270 g/mol. The third-order valence-corrected chi connectivity index (χ3v) is 2.84. The highest BCUT2D eigenvalue weighted by Gasteiger charge is 2.32. The molecule has 1 heterocycles. The molecule has 1 N–H and O–H groups in total. The van der Waals surface area contributed by atoms with Crippen LogP contribution in [0.25, 0.3) is 5.69 Å². The third kappa shape index (κ3) is 2.78. The highest BCUT2D eigenvalue weighted by atomic mass is 19.4. The first kappa shape index (κ1) is 13.6. The lowest BCUT2D eigenvalue weighted by atomic mass is 10.1. The molecule has 0 spiro atoms. The van der Waals surface area contributed by atoms with Crippen LogP contribution in [0.2, 0.25) is 0 Å². The molecule has 6 heteroatoms. The van der Waals surface area contributed by atoms with E-state index in [4.69, 9.17) is 0 Å². The summed E-state index contributed by atoms with van der Waals surface area (Å²) in [6, 6.07) is 6.72. The van der Waals surface area contributed by atoms with E-state index in [0.717, 1.165) is 17.1 Å². The Hall–Kier alpha value is -1.82. The molecule has 0 bridgehead atoms. The fourth-order valence-corrected chi connectivity index (χ4v) is 1.80. The number of para-hydroxylation sites is 1. The number of benzene rings is 1. The predicted molar refractivity (Wildman–Crippen MR) is 63.8 cm³/mol. The Kier molecular flexibility index (Phi) is 3.61. The number of nitrogens with zero attached hydrogens (tertiary/aromatic N) is 2. The maximum absolute atomic E-state index is 12.5. The van der Waals surface area contributed by atoms with Gasteiger partial charge in [0, 0.05) is 11.8 Å². The summed E-state index contributed by atoms with van der Waals surface area (Å²) >= 11 is 0. The van der Waals surface area contributed by atoms with Crippen LogP contribution in [0, 0.1) is 0 Å². The molecule has 1 aromatic carbocycles. The quantitative estimate of drug-likeness (QED) is 0.929. The number of aliphatic hydroxyl groups excluding tert-OH is 1. The van der Waals surface area contributed by atoms with E-state index in [1.54, 1.807) is 31.2 Å². The lowest BCUT2D eigenvalue weighted by Crippen LogP contribution is -2.05. The number of aromatic nitrogens is 2. The smallest absolute Gasteiger partial charge is 0.388 e. The minimum absolute atomic E-state index is 0.451. The van der Waals surface area contributed by atoms with E-state index in [0.29, 0.717) is 17.7 Å². The zero-order valence-electron chi connectivity index (χ0n) is 10.2. The average molecular weight is 270 g/mol. The first-order chi connectivity index (χ1) is 8.93. The van der Waals surface area contributed by atoms with Gasteiger partial charge in [-0.2, -0.15) is 18.3 Å². The van der Waals surface area contributed by atoms with Crippen LogP contribution in [-0.4, -0.2) is 14.9 Å². The summed E-state index contributed by atoms with van der Waals surface area (Å²) in [5.41, 5.74) is 0.197. The minimum Gasteiger partial charge on any atom is -0.388 e. The van der Waals surface area contributed by atoms with Crippen LogP contribution in [0.3, 0.4) is 0 Å². The average Bonchev–Trinajstić information content (AvgIpc) is 2.87. The van der Waals surface area contributed by atoms with Gasteiger partial charge in [0.1, 0.15) is 0 Å². The van der Waals surface area contributed by atoms with Gasteiger partial charge in [0.05, 0.1) is 23.6 Å². The van der Waals surface area contributed by atoms with Crippen molar-refractivity contribution in [1.29, 1.82) is 0 Å². The van der Waals surface area contributed by atoms with E-state index in [9.17, 15) is 18.3 Å². The topological polar surface area (TPSA) is 38.0 Å². The molecular weight excluding hydrogens is 257 g/mol. The van der Waals surface area contributed by atoms with Gasteiger partial charge in [-0.25, -0.2) is 4.68 Å². The molecule has 2 rings (SSSR count). The van der Waals surface area contributed by atoms with E-state index in [1.807, 2.05) is 0 Å². The van der Waals surface area contributed by atoms with E-state index in [1.165, 1.54) is 0 Å². The van der Waals surface area contributed by atoms with Crippen molar-refractivity contribution >= 4 is 0 Å². The Balaban J connectivity index is 2.45. The first-order valence-electron chi connectivity index (χ1n) is 5.82. The molecule has 1 aromatic heterocycles. The number of hydrogen-bond donors (Lipinski definition) is 1. The zero-order valence-corrected chi connectivity index (χ0v) is 10.2. The van der Waals surface area contributed by atoms with Gasteiger partial charge in [-0.3, -0.25) is 0 Å². The molecule has 0 saturated carbocycles. The Bertz CT molecular complexity index is 563. The molecule has 0 aliphatic heterocycles. The number of rotatable bonds is 3. The largest absolute Gasteiger partial charge is 0.419 e. The Morgan fingerprint density at radius 1 is 1.32 bits per heavy atom. The normalized spacial score (nSPS) is 13.5. The molecule has 2 aromatic rings. The molecule has 0 saturated heterocycles. The van der Waals surface area contributed by atoms with Crippen LogP contribution >= 0.6 is 0 Å². The Morgan fingerprint density at radius 2 is 2.00 bits per heavy atom. The van der Waals surface area contributed by atoms with Gasteiger partial charge in [0.15, 0.2) is 0 Å². The van der Waals surface area contributed by atoms with E-state index >= 15 is 0 Å². The van der Waals surface area contributed by atoms with Crippen molar-refractivity contribution in [3.8, 4) is 5.69 Å². The molecule has 102 valence electrons. The summed E-state index contributed by atoms with van der Waals surface area (Å²) in [4.78, 5) is 0. The van der Waals surface area contributed by atoms with Crippen molar-refractivity contribution in [2.75, 3.05) is 0 Å². The maximum Gasteiger partial charge on any atom is 0.419 e. The van der Waals surface area contributed by atoms with Crippen LogP contribution < -0.4 is 0 Å². The van der Waals surface area contributed by atoms with Gasteiger partial charge < -0.3 is 5.11 Å².